The number of nitrogens with zero attached hydrogens (tertiary/aromatic N) is 2. The van der Waals surface area contributed by atoms with E-state index in [0.717, 1.165) is 4.90 Å². The predicted molar refractivity (Wildman–Crippen MR) is 71.6 cm³/mol. The minimum Gasteiger partial charge on any atom is -0.480 e. The summed E-state index contributed by atoms with van der Waals surface area (Å²) in [5.74, 6) is -1.64. The third kappa shape index (κ3) is 2.76. The Morgan fingerprint density at radius 3 is 2.30 bits per heavy atom. The van der Waals surface area contributed by atoms with Crippen LogP contribution < -0.4 is 0 Å². The molecule has 0 atom stereocenters. The second-order valence-corrected chi connectivity index (χ2v) is 4.99. The molecule has 0 spiro atoms. The van der Waals surface area contributed by atoms with Gasteiger partial charge in [0.2, 0.25) is 0 Å². The summed E-state index contributed by atoms with van der Waals surface area (Å²) in [7, 11) is 1.38. The molecule has 0 aliphatic carbocycles. The van der Waals surface area contributed by atoms with Crippen molar-refractivity contribution >= 4 is 17.6 Å². The minimum absolute atomic E-state index is 0.0818. The standard InChI is InChI=1S/C13H16N2O5/c1-8-7-9(5-6-10(8)15(19)20)11(16)14(4)13(2,3)12(17)18/h5-7H,1-4H3,(H,17,18). The van der Waals surface area contributed by atoms with Gasteiger partial charge >= 0.3 is 5.97 Å². The fourth-order valence-corrected chi connectivity index (χ4v) is 1.58. The van der Waals surface area contributed by atoms with E-state index in [1.54, 1.807) is 0 Å². The van der Waals surface area contributed by atoms with E-state index in [1.807, 2.05) is 0 Å². The van der Waals surface area contributed by atoms with Crippen LogP contribution in [-0.2, 0) is 4.79 Å². The lowest BCUT2D eigenvalue weighted by molar-refractivity contribution is -0.385. The topological polar surface area (TPSA) is 101 Å². The summed E-state index contributed by atoms with van der Waals surface area (Å²) in [6.07, 6.45) is 0. The average molecular weight is 280 g/mol. The Balaban J connectivity index is 3.14. The van der Waals surface area contributed by atoms with Gasteiger partial charge in [-0.3, -0.25) is 14.9 Å². The van der Waals surface area contributed by atoms with Gasteiger partial charge in [-0.1, -0.05) is 0 Å². The monoisotopic (exact) mass is 280 g/mol. The molecule has 0 aromatic heterocycles. The SMILES string of the molecule is Cc1cc(C(=O)N(C)C(C)(C)C(=O)O)ccc1[N+](=O)[O-]. The summed E-state index contributed by atoms with van der Waals surface area (Å²) in [5.41, 5.74) is -0.888. The predicted octanol–water partition coefficient (Wildman–Crippen LogP) is 1.84. The molecule has 0 saturated carbocycles. The molecule has 1 amide bonds. The molecule has 1 aromatic rings. The van der Waals surface area contributed by atoms with E-state index in [-0.39, 0.29) is 11.3 Å². The fraction of sp³-hybridized carbons (Fsp3) is 0.385. The third-order valence-electron chi connectivity index (χ3n) is 3.31. The van der Waals surface area contributed by atoms with Crippen molar-refractivity contribution in [2.45, 2.75) is 26.3 Å². The highest BCUT2D eigenvalue weighted by molar-refractivity contribution is 5.97. The number of aliphatic carboxylic acids is 1. The number of rotatable bonds is 4. The Bertz CT molecular complexity index is 580. The molecule has 1 rings (SSSR count). The van der Waals surface area contributed by atoms with Gasteiger partial charge in [-0.05, 0) is 32.9 Å². The lowest BCUT2D eigenvalue weighted by Gasteiger charge is -2.31. The van der Waals surface area contributed by atoms with Crippen molar-refractivity contribution in [2.75, 3.05) is 7.05 Å². The fourth-order valence-electron chi connectivity index (χ4n) is 1.58. The molecule has 0 fully saturated rings. The van der Waals surface area contributed by atoms with Crippen molar-refractivity contribution < 1.29 is 19.6 Å². The molecule has 0 aliphatic heterocycles. The van der Waals surface area contributed by atoms with Crippen LogP contribution in [0.1, 0.15) is 29.8 Å². The molecule has 108 valence electrons. The summed E-state index contributed by atoms with van der Waals surface area (Å²) >= 11 is 0. The Kier molecular flexibility index (Phi) is 4.12. The van der Waals surface area contributed by atoms with Crippen molar-refractivity contribution in [3.8, 4) is 0 Å². The number of amides is 1. The van der Waals surface area contributed by atoms with Crippen LogP contribution in [0.5, 0.6) is 0 Å². The maximum atomic E-state index is 12.2. The Labute approximate surface area is 116 Å². The van der Waals surface area contributed by atoms with Crippen molar-refractivity contribution in [1.82, 2.24) is 4.90 Å². The molecule has 0 radical (unpaired) electrons. The van der Waals surface area contributed by atoms with Crippen molar-refractivity contribution in [3.63, 3.8) is 0 Å². The zero-order valence-electron chi connectivity index (χ0n) is 11.7. The lowest BCUT2D eigenvalue weighted by Crippen LogP contribution is -2.50. The number of carboxylic acid groups (broad SMARTS) is 1. The molecule has 0 bridgehead atoms. The molecular formula is C13H16N2O5. The molecule has 7 nitrogen and oxygen atoms in total. The van der Waals surface area contributed by atoms with Gasteiger partial charge in [-0.15, -0.1) is 0 Å². The van der Waals surface area contributed by atoms with Gasteiger partial charge in [-0.25, -0.2) is 4.79 Å². The minimum atomic E-state index is -1.37. The molecule has 20 heavy (non-hydrogen) atoms. The maximum Gasteiger partial charge on any atom is 0.329 e. The highest BCUT2D eigenvalue weighted by atomic mass is 16.6. The largest absolute Gasteiger partial charge is 0.480 e. The number of nitro benzene ring substituents is 1. The maximum absolute atomic E-state index is 12.2. The van der Waals surface area contributed by atoms with E-state index in [1.165, 1.54) is 46.0 Å². The molecular weight excluding hydrogens is 264 g/mol. The number of nitro groups is 1. The van der Waals surface area contributed by atoms with E-state index in [2.05, 4.69) is 0 Å². The van der Waals surface area contributed by atoms with E-state index >= 15 is 0 Å². The number of benzene rings is 1. The van der Waals surface area contributed by atoms with E-state index in [9.17, 15) is 19.7 Å². The zero-order chi connectivity index (χ0) is 15.7. The van der Waals surface area contributed by atoms with Crippen LogP contribution in [0.15, 0.2) is 18.2 Å². The van der Waals surface area contributed by atoms with E-state index in [0.29, 0.717) is 5.56 Å². The zero-order valence-corrected chi connectivity index (χ0v) is 11.7. The van der Waals surface area contributed by atoms with Crippen molar-refractivity contribution in [3.05, 3.63) is 39.4 Å². The van der Waals surface area contributed by atoms with E-state index < -0.39 is 22.3 Å². The highest BCUT2D eigenvalue weighted by Gasteiger charge is 2.35. The smallest absolute Gasteiger partial charge is 0.329 e. The first-order chi connectivity index (χ1) is 9.09. The van der Waals surface area contributed by atoms with Crippen LogP contribution in [0.25, 0.3) is 0 Å². The van der Waals surface area contributed by atoms with Gasteiger partial charge in [0.1, 0.15) is 5.54 Å². The molecule has 1 N–H and O–H groups in total. The molecule has 0 aliphatic rings. The van der Waals surface area contributed by atoms with E-state index in [4.69, 9.17) is 5.11 Å². The van der Waals surface area contributed by atoms with Gasteiger partial charge in [0.25, 0.3) is 11.6 Å². The summed E-state index contributed by atoms with van der Waals surface area (Å²) < 4.78 is 0. The van der Waals surface area contributed by atoms with Crippen LogP contribution >= 0.6 is 0 Å². The number of carbonyl (C=O) groups is 2. The number of aryl methyl sites for hydroxylation is 1. The second-order valence-electron chi connectivity index (χ2n) is 4.99. The summed E-state index contributed by atoms with van der Waals surface area (Å²) in [4.78, 5) is 34.6. The van der Waals surface area contributed by atoms with Crippen molar-refractivity contribution in [1.29, 1.82) is 0 Å². The van der Waals surface area contributed by atoms with Crippen LogP contribution in [0, 0.1) is 17.0 Å². The van der Waals surface area contributed by atoms with Crippen LogP contribution in [0.2, 0.25) is 0 Å². The van der Waals surface area contributed by atoms with Crippen LogP contribution in [-0.4, -0.2) is 39.4 Å². The summed E-state index contributed by atoms with van der Waals surface area (Å²) in [5, 5.41) is 19.8. The third-order valence-corrected chi connectivity index (χ3v) is 3.31. The van der Waals surface area contributed by atoms with Gasteiger partial charge in [0.15, 0.2) is 0 Å². The number of hydrogen-bond donors (Lipinski definition) is 1. The first-order valence-electron chi connectivity index (χ1n) is 5.85. The number of hydrogen-bond acceptors (Lipinski definition) is 4. The molecule has 0 heterocycles. The average Bonchev–Trinajstić information content (AvgIpc) is 2.36. The highest BCUT2D eigenvalue weighted by Crippen LogP contribution is 2.22. The first-order valence-corrected chi connectivity index (χ1v) is 5.85. The van der Waals surface area contributed by atoms with Crippen LogP contribution in [0.4, 0.5) is 5.69 Å². The summed E-state index contributed by atoms with van der Waals surface area (Å²) in [6, 6.07) is 3.95. The van der Waals surface area contributed by atoms with Crippen LogP contribution in [0.3, 0.4) is 0 Å². The Morgan fingerprint density at radius 1 is 1.35 bits per heavy atom. The number of carboxylic acids is 1. The molecule has 0 saturated heterocycles. The second kappa shape index (κ2) is 5.28. The molecule has 0 unspecified atom stereocenters. The normalized spacial score (nSPS) is 11.0. The molecule has 1 aromatic carbocycles. The number of carbonyl (C=O) groups excluding carboxylic acids is 1. The Hall–Kier alpha value is -2.44. The number of likely N-dealkylation sites (N-methyl/N-ethyl adjacent to an activating group) is 1. The van der Waals surface area contributed by atoms with Gasteiger partial charge < -0.3 is 10.0 Å². The summed E-state index contributed by atoms with van der Waals surface area (Å²) in [6.45, 7) is 4.34. The lowest BCUT2D eigenvalue weighted by atomic mass is 10.0. The quantitative estimate of drug-likeness (QED) is 0.669. The van der Waals surface area contributed by atoms with Gasteiger partial charge in [0.05, 0.1) is 4.92 Å². The van der Waals surface area contributed by atoms with Gasteiger partial charge in [-0.2, -0.15) is 0 Å². The first kappa shape index (κ1) is 15.6. The molecule has 7 heteroatoms. The van der Waals surface area contributed by atoms with Gasteiger partial charge in [0, 0.05) is 24.2 Å². The Morgan fingerprint density at radius 2 is 1.90 bits per heavy atom. The van der Waals surface area contributed by atoms with Crippen molar-refractivity contribution in [2.24, 2.45) is 0 Å².